The third-order valence-corrected chi connectivity index (χ3v) is 7.09. The summed E-state index contributed by atoms with van der Waals surface area (Å²) >= 11 is 1.65. The van der Waals surface area contributed by atoms with Crippen LogP contribution in [0.25, 0.3) is 11.3 Å². The van der Waals surface area contributed by atoms with Gasteiger partial charge in [-0.25, -0.2) is 9.78 Å². The molecule has 1 N–H and O–H groups in total. The summed E-state index contributed by atoms with van der Waals surface area (Å²) < 4.78 is 0. The Hall–Kier alpha value is -3.19. The van der Waals surface area contributed by atoms with Gasteiger partial charge in [-0.2, -0.15) is 0 Å². The second-order valence-corrected chi connectivity index (χ2v) is 9.45. The smallest absolute Gasteiger partial charge is 0.321 e. The molecule has 6 nitrogen and oxygen atoms in total. The average molecular weight is 447 g/mol. The number of aryl methyl sites for hydroxylation is 1. The fourth-order valence-corrected chi connectivity index (χ4v) is 5.18. The van der Waals surface area contributed by atoms with E-state index < -0.39 is 0 Å². The normalized spacial score (nSPS) is 16.2. The Kier molecular flexibility index (Phi) is 5.66. The van der Waals surface area contributed by atoms with Crippen molar-refractivity contribution in [2.45, 2.75) is 26.2 Å². The van der Waals surface area contributed by atoms with Crippen molar-refractivity contribution < 1.29 is 9.59 Å². The predicted molar refractivity (Wildman–Crippen MR) is 128 cm³/mol. The second kappa shape index (κ2) is 8.74. The van der Waals surface area contributed by atoms with Crippen LogP contribution in [0.3, 0.4) is 0 Å². The predicted octanol–water partition coefficient (Wildman–Crippen LogP) is 4.95. The zero-order chi connectivity index (χ0) is 22.1. The Morgan fingerprint density at radius 2 is 1.84 bits per heavy atom. The maximum Gasteiger partial charge on any atom is 0.321 e. The number of carbonyl (C=O) groups excluding carboxylic acids is 2. The summed E-state index contributed by atoms with van der Waals surface area (Å²) in [7, 11) is 0. The molecule has 3 heterocycles. The van der Waals surface area contributed by atoms with Gasteiger partial charge in [0.15, 0.2) is 0 Å². The largest absolute Gasteiger partial charge is 0.324 e. The first kappa shape index (κ1) is 20.7. The van der Waals surface area contributed by atoms with Crippen molar-refractivity contribution in [2.24, 2.45) is 5.92 Å². The van der Waals surface area contributed by atoms with Crippen molar-refractivity contribution in [3.63, 3.8) is 0 Å². The lowest BCUT2D eigenvalue weighted by Gasteiger charge is -2.33. The number of hydrogen-bond donors (Lipinski definition) is 1. The molecule has 1 saturated heterocycles. The molecule has 0 atom stereocenters. The molecule has 2 aromatic carbocycles. The van der Waals surface area contributed by atoms with Crippen LogP contribution in [-0.2, 0) is 11.2 Å². The number of thiazole rings is 1. The maximum absolute atomic E-state index is 13.3. The van der Waals surface area contributed by atoms with Crippen LogP contribution in [0.2, 0.25) is 0 Å². The number of anilines is 2. The zero-order valence-corrected chi connectivity index (χ0v) is 18.9. The lowest BCUT2D eigenvalue weighted by atomic mass is 9.95. The number of fused-ring (bicyclic) bond motifs is 1. The number of amides is 3. The number of likely N-dealkylation sites (tertiary alicyclic amines) is 1. The molecular weight excluding hydrogens is 420 g/mol. The molecule has 0 aliphatic carbocycles. The Morgan fingerprint density at radius 3 is 2.56 bits per heavy atom. The molecule has 2 aliphatic rings. The van der Waals surface area contributed by atoms with E-state index in [4.69, 9.17) is 0 Å². The molecule has 7 heteroatoms. The van der Waals surface area contributed by atoms with Gasteiger partial charge in [0.25, 0.3) is 0 Å². The van der Waals surface area contributed by atoms with Crippen LogP contribution in [0.4, 0.5) is 16.2 Å². The SMILES string of the molecule is Cc1nc(-c2ccc3c(c2)CCN3C(=O)C2CCN(C(=O)Nc3ccccc3)CC2)cs1. The van der Waals surface area contributed by atoms with Crippen molar-refractivity contribution in [1.29, 1.82) is 0 Å². The molecule has 5 rings (SSSR count). The molecule has 2 aliphatic heterocycles. The minimum absolute atomic E-state index is 0.0393. The summed E-state index contributed by atoms with van der Waals surface area (Å²) in [5.41, 5.74) is 5.13. The van der Waals surface area contributed by atoms with Crippen molar-refractivity contribution in [3.05, 3.63) is 64.5 Å². The standard InChI is InChI=1S/C25H26N4O2S/c1-17-26-22(16-32-17)19-7-8-23-20(15-19)11-14-29(23)24(30)18-9-12-28(13-10-18)25(31)27-21-5-3-2-4-6-21/h2-8,15-16,18H,9-14H2,1H3,(H,27,31). The first-order chi connectivity index (χ1) is 15.6. The van der Waals surface area contributed by atoms with Crippen molar-refractivity contribution in [2.75, 3.05) is 29.9 Å². The minimum atomic E-state index is -0.0987. The highest BCUT2D eigenvalue weighted by atomic mass is 32.1. The molecule has 1 aromatic heterocycles. The molecule has 164 valence electrons. The quantitative estimate of drug-likeness (QED) is 0.619. The number of hydrogen-bond acceptors (Lipinski definition) is 4. The lowest BCUT2D eigenvalue weighted by molar-refractivity contribution is -0.123. The van der Waals surface area contributed by atoms with Crippen molar-refractivity contribution in [1.82, 2.24) is 9.88 Å². The molecule has 3 aromatic rings. The highest BCUT2D eigenvalue weighted by molar-refractivity contribution is 7.09. The fourth-order valence-electron chi connectivity index (χ4n) is 4.56. The fraction of sp³-hybridized carbons (Fsp3) is 0.320. The third-order valence-electron chi connectivity index (χ3n) is 6.31. The first-order valence-corrected chi connectivity index (χ1v) is 11.9. The zero-order valence-electron chi connectivity index (χ0n) is 18.1. The number of aromatic nitrogens is 1. The van der Waals surface area contributed by atoms with Crippen LogP contribution >= 0.6 is 11.3 Å². The Labute approximate surface area is 191 Å². The number of rotatable bonds is 3. The number of piperidine rings is 1. The van der Waals surface area contributed by atoms with E-state index in [0.29, 0.717) is 25.9 Å². The van der Waals surface area contributed by atoms with Gasteiger partial charge in [0.1, 0.15) is 0 Å². The molecule has 0 bridgehead atoms. The van der Waals surface area contributed by atoms with E-state index in [1.54, 1.807) is 16.2 Å². The van der Waals surface area contributed by atoms with Crippen LogP contribution in [0.1, 0.15) is 23.4 Å². The van der Waals surface area contributed by atoms with E-state index in [1.165, 1.54) is 5.56 Å². The van der Waals surface area contributed by atoms with E-state index >= 15 is 0 Å². The van der Waals surface area contributed by atoms with Gasteiger partial charge in [0, 0.05) is 47.9 Å². The third kappa shape index (κ3) is 4.12. The second-order valence-electron chi connectivity index (χ2n) is 8.39. The maximum atomic E-state index is 13.3. The van der Waals surface area contributed by atoms with Gasteiger partial charge in [-0.3, -0.25) is 4.79 Å². The van der Waals surface area contributed by atoms with Crippen molar-refractivity contribution in [3.8, 4) is 11.3 Å². The number of para-hydroxylation sites is 1. The Bertz CT molecular complexity index is 1140. The number of urea groups is 1. The molecule has 3 amide bonds. The Balaban J connectivity index is 1.21. The van der Waals surface area contributed by atoms with Gasteiger partial charge in [0.05, 0.1) is 10.7 Å². The molecule has 32 heavy (non-hydrogen) atoms. The van der Waals surface area contributed by atoms with Crippen LogP contribution in [-0.4, -0.2) is 41.5 Å². The Morgan fingerprint density at radius 1 is 1.06 bits per heavy atom. The summed E-state index contributed by atoms with van der Waals surface area (Å²) in [6.07, 6.45) is 2.27. The van der Waals surface area contributed by atoms with Gasteiger partial charge in [-0.05, 0) is 56.0 Å². The van der Waals surface area contributed by atoms with Crippen molar-refractivity contribution >= 4 is 34.6 Å². The van der Waals surface area contributed by atoms with Crippen LogP contribution < -0.4 is 10.2 Å². The van der Waals surface area contributed by atoms with Gasteiger partial charge in [-0.15, -0.1) is 11.3 Å². The van der Waals surface area contributed by atoms with Crippen LogP contribution in [0.5, 0.6) is 0 Å². The van der Waals surface area contributed by atoms with Crippen LogP contribution in [0.15, 0.2) is 53.9 Å². The minimum Gasteiger partial charge on any atom is -0.324 e. The monoisotopic (exact) mass is 446 g/mol. The molecule has 1 fully saturated rings. The van der Waals surface area contributed by atoms with Gasteiger partial charge >= 0.3 is 6.03 Å². The van der Waals surface area contributed by atoms with E-state index in [-0.39, 0.29) is 17.9 Å². The number of benzene rings is 2. The first-order valence-electron chi connectivity index (χ1n) is 11.1. The molecule has 0 spiro atoms. The summed E-state index contributed by atoms with van der Waals surface area (Å²) in [4.78, 5) is 34.1. The highest BCUT2D eigenvalue weighted by Crippen LogP contribution is 2.34. The van der Waals surface area contributed by atoms with E-state index in [0.717, 1.165) is 40.6 Å². The number of nitrogens with zero attached hydrogens (tertiary/aromatic N) is 3. The van der Waals surface area contributed by atoms with E-state index in [2.05, 4.69) is 33.9 Å². The summed E-state index contributed by atoms with van der Waals surface area (Å²) in [6.45, 7) is 3.93. The van der Waals surface area contributed by atoms with E-state index in [9.17, 15) is 9.59 Å². The van der Waals surface area contributed by atoms with Gasteiger partial charge in [0.2, 0.25) is 5.91 Å². The summed E-state index contributed by atoms with van der Waals surface area (Å²) in [6, 6.07) is 15.7. The number of carbonyl (C=O) groups is 2. The molecule has 0 saturated carbocycles. The lowest BCUT2D eigenvalue weighted by Crippen LogP contribution is -2.45. The molecular formula is C25H26N4O2S. The number of nitrogens with one attached hydrogen (secondary N) is 1. The van der Waals surface area contributed by atoms with Crippen LogP contribution in [0, 0.1) is 12.8 Å². The molecule has 0 radical (unpaired) electrons. The van der Waals surface area contributed by atoms with Gasteiger partial charge < -0.3 is 15.1 Å². The average Bonchev–Trinajstić information content (AvgIpc) is 3.45. The topological polar surface area (TPSA) is 65.5 Å². The summed E-state index contributed by atoms with van der Waals surface area (Å²) in [5, 5.41) is 6.07. The van der Waals surface area contributed by atoms with E-state index in [1.807, 2.05) is 42.2 Å². The highest BCUT2D eigenvalue weighted by Gasteiger charge is 2.33. The van der Waals surface area contributed by atoms with Gasteiger partial charge in [-0.1, -0.05) is 24.3 Å². The summed E-state index contributed by atoms with van der Waals surface area (Å²) in [5.74, 6) is 0.145. The molecule has 0 unspecified atom stereocenters.